The number of fused-ring (bicyclic) bond motifs is 5. The lowest BCUT2D eigenvalue weighted by atomic mass is 9.43. The van der Waals surface area contributed by atoms with Crippen LogP contribution in [0.2, 0.25) is 0 Å². The van der Waals surface area contributed by atoms with Crippen LogP contribution in [-0.2, 0) is 4.74 Å². The van der Waals surface area contributed by atoms with Crippen LogP contribution in [0.3, 0.4) is 0 Å². The van der Waals surface area contributed by atoms with Gasteiger partial charge in [-0.25, -0.2) is 5.43 Å². The normalized spacial score (nSPS) is 48.2. The fourth-order valence-electron chi connectivity index (χ4n) is 8.14. The van der Waals surface area contributed by atoms with E-state index >= 15 is 0 Å². The molecule has 0 unspecified atom stereocenters. The van der Waals surface area contributed by atoms with Crippen LogP contribution in [0.5, 0.6) is 0 Å². The highest BCUT2D eigenvalue weighted by Gasteiger charge is 2.71. The van der Waals surface area contributed by atoms with Crippen LogP contribution in [-0.4, -0.2) is 52.8 Å². The summed E-state index contributed by atoms with van der Waals surface area (Å²) in [5, 5.41) is 35.0. The molecule has 32 heavy (non-hydrogen) atoms. The molecule has 4 aliphatic rings. The van der Waals surface area contributed by atoms with Gasteiger partial charge in [-0.05, 0) is 93.9 Å². The van der Waals surface area contributed by atoms with E-state index in [2.05, 4.69) is 17.5 Å². The summed E-state index contributed by atoms with van der Waals surface area (Å²) in [5.74, 6) is 1.04. The number of nitrogens with two attached hydrogens (primary N) is 2. The van der Waals surface area contributed by atoms with Crippen molar-refractivity contribution in [1.82, 2.24) is 5.43 Å². The van der Waals surface area contributed by atoms with Gasteiger partial charge in [0, 0.05) is 12.0 Å². The van der Waals surface area contributed by atoms with Crippen molar-refractivity contribution in [2.75, 3.05) is 13.2 Å². The summed E-state index contributed by atoms with van der Waals surface area (Å²) in [7, 11) is 0. The molecule has 8 N–H and O–H groups in total. The average Bonchev–Trinajstić information content (AvgIpc) is 2.95. The van der Waals surface area contributed by atoms with Crippen molar-refractivity contribution in [1.29, 1.82) is 5.41 Å². The molecule has 0 aromatic rings. The minimum atomic E-state index is -1.21. The van der Waals surface area contributed by atoms with Gasteiger partial charge in [-0.15, -0.1) is 0 Å². The summed E-state index contributed by atoms with van der Waals surface area (Å²) < 4.78 is 6.13. The number of hydrogen-bond donors (Lipinski definition) is 6. The summed E-state index contributed by atoms with van der Waals surface area (Å²) in [6.07, 6.45) is 11.1. The molecule has 0 amide bonds. The van der Waals surface area contributed by atoms with E-state index in [9.17, 15) is 10.2 Å². The number of nitrogens with one attached hydrogen (secondary N) is 2. The summed E-state index contributed by atoms with van der Waals surface area (Å²) >= 11 is 0. The zero-order valence-corrected chi connectivity index (χ0v) is 19.8. The molecular formula is C24H43N5O3. The van der Waals surface area contributed by atoms with Crippen LogP contribution in [0.15, 0.2) is 5.10 Å². The SMILES string of the molecule is C[C@]12CC[C@H](OCCCN)C[C@H]1CC[C@@H]1[C@@H]2CC[C@]2(C)[C@@](O)(/C=N/NC(=N)N)CC[C@]12O. The third kappa shape index (κ3) is 3.58. The minimum absolute atomic E-state index is 0.195. The maximum atomic E-state index is 12.2. The Kier molecular flexibility index (Phi) is 6.38. The van der Waals surface area contributed by atoms with Crippen LogP contribution >= 0.6 is 0 Å². The number of hydrazone groups is 1. The first-order valence-electron chi connectivity index (χ1n) is 12.5. The Morgan fingerprint density at radius 2 is 1.91 bits per heavy atom. The standard InChI is InChI=1S/C24H43N5O3/c1-21-8-6-17(32-13-3-12-25)14-16(21)4-5-19-18(21)7-9-22(2)23(30,10-11-24(19,22)31)15-28-29-20(26)27/h15-19,30-31H,3-14,25H2,1-2H3,(H4,26,27,29)/b28-15+/t16-,17+,18+,19-,21+,22-,23+,24+/m1/s1. The van der Waals surface area contributed by atoms with Gasteiger partial charge in [0.2, 0.25) is 5.96 Å². The van der Waals surface area contributed by atoms with Crippen LogP contribution in [0, 0.1) is 34.0 Å². The number of hydrogen-bond acceptors (Lipinski definition) is 6. The molecule has 0 heterocycles. The zero-order valence-electron chi connectivity index (χ0n) is 19.8. The molecule has 4 aliphatic carbocycles. The quantitative estimate of drug-likeness (QED) is 0.158. The predicted molar refractivity (Wildman–Crippen MR) is 125 cm³/mol. The number of rotatable bonds is 6. The Morgan fingerprint density at radius 3 is 2.62 bits per heavy atom. The highest BCUT2D eigenvalue weighted by Crippen LogP contribution is 2.69. The highest BCUT2D eigenvalue weighted by atomic mass is 16.5. The monoisotopic (exact) mass is 449 g/mol. The van der Waals surface area contributed by atoms with E-state index in [-0.39, 0.29) is 17.3 Å². The molecule has 8 atom stereocenters. The van der Waals surface area contributed by atoms with Crippen LogP contribution < -0.4 is 16.9 Å². The third-order valence-electron chi connectivity index (χ3n) is 10.2. The Bertz CT molecular complexity index is 749. The van der Waals surface area contributed by atoms with E-state index in [1.807, 2.05) is 6.92 Å². The molecule has 0 radical (unpaired) electrons. The highest BCUT2D eigenvalue weighted by molar-refractivity contribution is 5.77. The van der Waals surface area contributed by atoms with Gasteiger partial charge in [0.1, 0.15) is 5.60 Å². The molecule has 0 spiro atoms. The molecule has 4 saturated carbocycles. The van der Waals surface area contributed by atoms with E-state index in [0.717, 1.165) is 58.0 Å². The van der Waals surface area contributed by atoms with E-state index < -0.39 is 16.6 Å². The largest absolute Gasteiger partial charge is 0.389 e. The lowest BCUT2D eigenvalue weighted by Crippen LogP contribution is -2.65. The predicted octanol–water partition coefficient (Wildman–Crippen LogP) is 2.08. The topological polar surface area (TPSA) is 150 Å². The summed E-state index contributed by atoms with van der Waals surface area (Å²) in [6.45, 7) is 5.92. The van der Waals surface area contributed by atoms with Gasteiger partial charge < -0.3 is 26.4 Å². The average molecular weight is 450 g/mol. The van der Waals surface area contributed by atoms with Crippen LogP contribution in [0.25, 0.3) is 0 Å². The molecule has 8 nitrogen and oxygen atoms in total. The van der Waals surface area contributed by atoms with Crippen LogP contribution in [0.4, 0.5) is 0 Å². The van der Waals surface area contributed by atoms with Crippen molar-refractivity contribution < 1.29 is 14.9 Å². The first-order valence-corrected chi connectivity index (χ1v) is 12.5. The van der Waals surface area contributed by atoms with Crippen molar-refractivity contribution >= 4 is 12.2 Å². The van der Waals surface area contributed by atoms with Gasteiger partial charge >= 0.3 is 0 Å². The molecule has 0 aliphatic heterocycles. The molecule has 0 aromatic heterocycles. The third-order valence-corrected chi connectivity index (χ3v) is 10.2. The molecule has 8 heteroatoms. The van der Waals surface area contributed by atoms with Gasteiger partial charge in [0.15, 0.2) is 0 Å². The van der Waals surface area contributed by atoms with Crippen molar-refractivity contribution in [3.63, 3.8) is 0 Å². The molecule has 0 saturated heterocycles. The van der Waals surface area contributed by atoms with Gasteiger partial charge in [-0.3, -0.25) is 5.41 Å². The maximum Gasteiger partial charge on any atom is 0.206 e. The van der Waals surface area contributed by atoms with Gasteiger partial charge in [0.25, 0.3) is 0 Å². The fourth-order valence-corrected chi connectivity index (χ4v) is 8.14. The maximum absolute atomic E-state index is 12.2. The van der Waals surface area contributed by atoms with Gasteiger partial charge in [-0.2, -0.15) is 5.10 Å². The van der Waals surface area contributed by atoms with E-state index in [0.29, 0.717) is 37.3 Å². The number of nitrogens with zero attached hydrogens (tertiary/aromatic N) is 1. The Labute approximate surface area is 192 Å². The van der Waals surface area contributed by atoms with Crippen molar-refractivity contribution in [2.45, 2.75) is 95.4 Å². The van der Waals surface area contributed by atoms with Gasteiger partial charge in [-0.1, -0.05) is 13.8 Å². The Hall–Kier alpha value is -1.22. The van der Waals surface area contributed by atoms with Gasteiger partial charge in [0.05, 0.1) is 17.9 Å². The van der Waals surface area contributed by atoms with E-state index in [1.54, 1.807) is 0 Å². The summed E-state index contributed by atoms with van der Waals surface area (Å²) in [6, 6.07) is 0. The molecule has 4 fully saturated rings. The molecule has 4 rings (SSSR count). The van der Waals surface area contributed by atoms with Crippen molar-refractivity contribution in [3.05, 3.63) is 0 Å². The second-order valence-corrected chi connectivity index (χ2v) is 11.4. The number of ether oxygens (including phenoxy) is 1. The zero-order chi connectivity index (χ0) is 23.2. The molecular weight excluding hydrogens is 406 g/mol. The van der Waals surface area contributed by atoms with E-state index in [4.69, 9.17) is 21.6 Å². The smallest absolute Gasteiger partial charge is 0.206 e. The first kappa shape index (κ1) is 23.9. The Morgan fingerprint density at radius 1 is 1.12 bits per heavy atom. The summed E-state index contributed by atoms with van der Waals surface area (Å²) in [4.78, 5) is 0. The second kappa shape index (κ2) is 8.53. The lowest BCUT2D eigenvalue weighted by Gasteiger charge is -2.64. The fraction of sp³-hybridized carbons (Fsp3) is 0.917. The number of aliphatic hydroxyl groups is 2. The molecule has 0 bridgehead atoms. The first-order chi connectivity index (χ1) is 15.1. The molecule has 0 aromatic carbocycles. The second-order valence-electron chi connectivity index (χ2n) is 11.4. The van der Waals surface area contributed by atoms with Crippen molar-refractivity contribution in [3.8, 4) is 0 Å². The summed E-state index contributed by atoms with van der Waals surface area (Å²) in [5.41, 5.74) is 10.8. The van der Waals surface area contributed by atoms with E-state index in [1.165, 1.54) is 6.21 Å². The molecule has 182 valence electrons. The lowest BCUT2D eigenvalue weighted by molar-refractivity contribution is -0.225. The number of guanidine groups is 1. The Balaban J connectivity index is 1.52. The minimum Gasteiger partial charge on any atom is -0.389 e. The van der Waals surface area contributed by atoms with Crippen molar-refractivity contribution in [2.24, 2.45) is 45.2 Å². The van der Waals surface area contributed by atoms with Crippen LogP contribution in [0.1, 0.15) is 78.1 Å².